The number of methoxy groups -OCH3 is 1. The number of nitrogens with zero attached hydrogens (tertiary/aromatic N) is 2. The molecule has 0 unspecified atom stereocenters. The van der Waals surface area contributed by atoms with E-state index in [2.05, 4.69) is 21.5 Å². The van der Waals surface area contributed by atoms with Crippen LogP contribution in [0.2, 0.25) is 0 Å². The number of nitrogens with two attached hydrogens (primary N) is 1. The molecule has 0 saturated carbocycles. The SMILES string of the molecule is COc1cc(C)cc(C)c1-c1ccnc(NN)n1. The summed E-state index contributed by atoms with van der Waals surface area (Å²) in [4.78, 5) is 8.33. The van der Waals surface area contributed by atoms with E-state index >= 15 is 0 Å². The predicted octanol–water partition coefficient (Wildman–Crippen LogP) is 2.05. The van der Waals surface area contributed by atoms with Crippen molar-refractivity contribution in [3.05, 3.63) is 35.5 Å². The summed E-state index contributed by atoms with van der Waals surface area (Å²) in [7, 11) is 1.65. The van der Waals surface area contributed by atoms with Crippen LogP contribution >= 0.6 is 0 Å². The lowest BCUT2D eigenvalue weighted by Gasteiger charge is -2.12. The number of nitrogens with one attached hydrogen (secondary N) is 1. The Bertz CT molecular complexity index is 569. The molecule has 0 aliphatic carbocycles. The molecule has 0 amide bonds. The van der Waals surface area contributed by atoms with Crippen LogP contribution in [0.3, 0.4) is 0 Å². The number of hydrogen-bond donors (Lipinski definition) is 2. The Hall–Kier alpha value is -2.14. The standard InChI is InChI=1S/C13H16N4O/c1-8-6-9(2)12(11(7-8)18-3)10-4-5-15-13(16-10)17-14/h4-7H,14H2,1-3H3,(H,15,16,17). The molecule has 0 spiro atoms. The van der Waals surface area contributed by atoms with E-state index in [1.54, 1.807) is 13.3 Å². The lowest BCUT2D eigenvalue weighted by molar-refractivity contribution is 0.415. The summed E-state index contributed by atoms with van der Waals surface area (Å²) in [6.07, 6.45) is 1.66. The number of nitrogen functional groups attached to an aromatic ring is 1. The summed E-state index contributed by atoms with van der Waals surface area (Å²) >= 11 is 0. The molecule has 94 valence electrons. The van der Waals surface area contributed by atoms with Gasteiger partial charge in [-0.1, -0.05) is 6.07 Å². The first kappa shape index (κ1) is 12.3. The Balaban J connectivity index is 2.62. The van der Waals surface area contributed by atoms with Gasteiger partial charge < -0.3 is 4.74 Å². The smallest absolute Gasteiger partial charge is 0.237 e. The van der Waals surface area contributed by atoms with E-state index in [4.69, 9.17) is 10.6 Å². The number of rotatable bonds is 3. The van der Waals surface area contributed by atoms with Crippen LogP contribution in [0.1, 0.15) is 11.1 Å². The van der Waals surface area contributed by atoms with Crippen molar-refractivity contribution in [1.29, 1.82) is 0 Å². The second-order valence-electron chi connectivity index (χ2n) is 4.07. The summed E-state index contributed by atoms with van der Waals surface area (Å²) in [6.45, 7) is 4.06. The molecule has 0 fully saturated rings. The van der Waals surface area contributed by atoms with Crippen LogP contribution < -0.4 is 16.0 Å². The minimum Gasteiger partial charge on any atom is -0.496 e. The summed E-state index contributed by atoms with van der Waals surface area (Å²) < 4.78 is 5.42. The zero-order valence-electron chi connectivity index (χ0n) is 10.7. The predicted molar refractivity (Wildman–Crippen MR) is 71.3 cm³/mol. The van der Waals surface area contributed by atoms with Gasteiger partial charge >= 0.3 is 0 Å². The van der Waals surface area contributed by atoms with Gasteiger partial charge in [-0.3, -0.25) is 5.43 Å². The first-order valence-corrected chi connectivity index (χ1v) is 5.61. The van der Waals surface area contributed by atoms with Gasteiger partial charge in [0.15, 0.2) is 0 Å². The molecule has 3 N–H and O–H groups in total. The molecule has 0 radical (unpaired) electrons. The first-order chi connectivity index (χ1) is 8.65. The van der Waals surface area contributed by atoms with Crippen molar-refractivity contribution in [2.75, 3.05) is 12.5 Å². The molecule has 5 heteroatoms. The highest BCUT2D eigenvalue weighted by Crippen LogP contribution is 2.33. The lowest BCUT2D eigenvalue weighted by atomic mass is 10.0. The Kier molecular flexibility index (Phi) is 3.43. The maximum Gasteiger partial charge on any atom is 0.237 e. The van der Waals surface area contributed by atoms with Crippen molar-refractivity contribution in [2.45, 2.75) is 13.8 Å². The van der Waals surface area contributed by atoms with Crippen molar-refractivity contribution in [3.63, 3.8) is 0 Å². The molecule has 1 aromatic heterocycles. The zero-order valence-corrected chi connectivity index (χ0v) is 10.7. The number of aromatic nitrogens is 2. The highest BCUT2D eigenvalue weighted by Gasteiger charge is 2.12. The number of hydrogen-bond acceptors (Lipinski definition) is 5. The quantitative estimate of drug-likeness (QED) is 0.638. The molecule has 1 aromatic carbocycles. The van der Waals surface area contributed by atoms with E-state index in [1.807, 2.05) is 26.0 Å². The highest BCUT2D eigenvalue weighted by molar-refractivity contribution is 5.72. The minimum atomic E-state index is 0.384. The summed E-state index contributed by atoms with van der Waals surface area (Å²) in [6, 6.07) is 5.91. The fourth-order valence-electron chi connectivity index (χ4n) is 1.99. The lowest BCUT2D eigenvalue weighted by Crippen LogP contribution is -2.10. The van der Waals surface area contributed by atoms with Gasteiger partial charge in [-0.15, -0.1) is 0 Å². The van der Waals surface area contributed by atoms with Crippen molar-refractivity contribution >= 4 is 5.95 Å². The Morgan fingerprint density at radius 3 is 2.72 bits per heavy atom. The molecule has 0 aliphatic rings. The van der Waals surface area contributed by atoms with E-state index in [0.717, 1.165) is 28.1 Å². The maximum absolute atomic E-state index is 5.42. The van der Waals surface area contributed by atoms with Gasteiger partial charge in [0.2, 0.25) is 5.95 Å². The van der Waals surface area contributed by atoms with Crippen LogP contribution in [0.5, 0.6) is 5.75 Å². The molecular weight excluding hydrogens is 228 g/mol. The molecule has 2 rings (SSSR count). The third-order valence-corrected chi connectivity index (χ3v) is 2.70. The zero-order chi connectivity index (χ0) is 13.1. The largest absolute Gasteiger partial charge is 0.496 e. The fourth-order valence-corrected chi connectivity index (χ4v) is 1.99. The molecule has 0 bridgehead atoms. The molecule has 5 nitrogen and oxygen atoms in total. The van der Waals surface area contributed by atoms with Crippen molar-refractivity contribution < 1.29 is 4.74 Å². The van der Waals surface area contributed by atoms with Gasteiger partial charge in [0.05, 0.1) is 12.8 Å². The Morgan fingerprint density at radius 1 is 1.28 bits per heavy atom. The third-order valence-electron chi connectivity index (χ3n) is 2.70. The Morgan fingerprint density at radius 2 is 2.06 bits per heavy atom. The summed E-state index contributed by atoms with van der Waals surface area (Å²) in [5, 5.41) is 0. The van der Waals surface area contributed by atoms with Crippen LogP contribution in [0.15, 0.2) is 24.4 Å². The Labute approximate surface area is 106 Å². The minimum absolute atomic E-state index is 0.384. The normalized spacial score (nSPS) is 10.2. The molecular formula is C13H16N4O. The molecule has 1 heterocycles. The molecule has 2 aromatic rings. The number of ether oxygens (including phenoxy) is 1. The number of aryl methyl sites for hydroxylation is 2. The second-order valence-corrected chi connectivity index (χ2v) is 4.07. The number of hydrazine groups is 1. The number of benzene rings is 1. The third kappa shape index (κ3) is 2.26. The average molecular weight is 244 g/mol. The van der Waals surface area contributed by atoms with Gasteiger partial charge in [-0.05, 0) is 37.1 Å². The van der Waals surface area contributed by atoms with Crippen LogP contribution in [0, 0.1) is 13.8 Å². The van der Waals surface area contributed by atoms with Crippen molar-refractivity contribution in [3.8, 4) is 17.0 Å². The van der Waals surface area contributed by atoms with Crippen LogP contribution in [0.25, 0.3) is 11.3 Å². The topological polar surface area (TPSA) is 73.1 Å². The van der Waals surface area contributed by atoms with Crippen LogP contribution in [-0.4, -0.2) is 17.1 Å². The summed E-state index contributed by atoms with van der Waals surface area (Å²) in [5.74, 6) is 6.51. The first-order valence-electron chi connectivity index (χ1n) is 5.61. The second kappa shape index (κ2) is 5.01. The molecule has 0 aliphatic heterocycles. The maximum atomic E-state index is 5.42. The van der Waals surface area contributed by atoms with Gasteiger partial charge in [0.25, 0.3) is 0 Å². The highest BCUT2D eigenvalue weighted by atomic mass is 16.5. The van der Waals surface area contributed by atoms with Gasteiger partial charge in [0.1, 0.15) is 5.75 Å². The van der Waals surface area contributed by atoms with Crippen molar-refractivity contribution in [1.82, 2.24) is 9.97 Å². The summed E-state index contributed by atoms with van der Waals surface area (Å²) in [5.41, 5.74) is 6.44. The van der Waals surface area contributed by atoms with E-state index in [0.29, 0.717) is 5.95 Å². The van der Waals surface area contributed by atoms with Gasteiger partial charge in [0, 0.05) is 11.8 Å². The van der Waals surface area contributed by atoms with E-state index in [-0.39, 0.29) is 0 Å². The average Bonchev–Trinajstić information content (AvgIpc) is 2.37. The van der Waals surface area contributed by atoms with Gasteiger partial charge in [-0.2, -0.15) is 0 Å². The van der Waals surface area contributed by atoms with E-state index in [1.165, 1.54) is 0 Å². The van der Waals surface area contributed by atoms with E-state index in [9.17, 15) is 0 Å². The molecule has 18 heavy (non-hydrogen) atoms. The molecule has 0 saturated heterocycles. The monoisotopic (exact) mass is 244 g/mol. The van der Waals surface area contributed by atoms with Crippen LogP contribution in [-0.2, 0) is 0 Å². The van der Waals surface area contributed by atoms with E-state index < -0.39 is 0 Å². The van der Waals surface area contributed by atoms with Crippen molar-refractivity contribution in [2.24, 2.45) is 5.84 Å². The fraction of sp³-hybridized carbons (Fsp3) is 0.231. The van der Waals surface area contributed by atoms with Gasteiger partial charge in [-0.25, -0.2) is 15.8 Å². The van der Waals surface area contributed by atoms with Crippen LogP contribution in [0.4, 0.5) is 5.95 Å². The molecule has 0 atom stereocenters. The number of anilines is 1.